The molecule has 1 atom stereocenters. The number of carbonyl (C=O) groups is 1. The van der Waals surface area contributed by atoms with Gasteiger partial charge in [-0.15, -0.1) is 0 Å². The number of hydrogen-bond acceptors (Lipinski definition) is 4. The maximum atomic E-state index is 11.6. The molecule has 2 N–H and O–H groups in total. The van der Waals surface area contributed by atoms with Gasteiger partial charge in [-0.25, -0.2) is 0 Å². The molecule has 5 nitrogen and oxygen atoms in total. The average molecular weight is 286 g/mol. The highest BCUT2D eigenvalue weighted by Gasteiger charge is 2.23. The summed E-state index contributed by atoms with van der Waals surface area (Å²) in [5.41, 5.74) is 1.60. The number of anilines is 2. The summed E-state index contributed by atoms with van der Waals surface area (Å²) in [6, 6.07) is 9.60. The van der Waals surface area contributed by atoms with E-state index in [1.165, 1.54) is 0 Å². The summed E-state index contributed by atoms with van der Waals surface area (Å²) in [5.74, 6) is 2.43. The zero-order valence-electron chi connectivity index (χ0n) is 12.1. The van der Waals surface area contributed by atoms with E-state index in [1.807, 2.05) is 30.3 Å². The summed E-state index contributed by atoms with van der Waals surface area (Å²) in [5, 5.41) is 6.11. The highest BCUT2D eigenvalue weighted by atomic mass is 16.5. The van der Waals surface area contributed by atoms with Crippen LogP contribution in [0.5, 0.6) is 5.75 Å². The molecule has 2 aromatic rings. The smallest absolute Gasteiger partial charge is 0.265 e. The molecule has 21 heavy (non-hydrogen) atoms. The molecule has 110 valence electrons. The van der Waals surface area contributed by atoms with Crippen LogP contribution in [0.25, 0.3) is 0 Å². The van der Waals surface area contributed by atoms with Gasteiger partial charge in [0, 0.05) is 12.1 Å². The number of amides is 1. The van der Waals surface area contributed by atoms with Gasteiger partial charge in [-0.1, -0.05) is 6.92 Å². The van der Waals surface area contributed by atoms with E-state index in [2.05, 4.69) is 17.6 Å². The van der Waals surface area contributed by atoms with Crippen molar-refractivity contribution in [1.82, 2.24) is 0 Å². The summed E-state index contributed by atoms with van der Waals surface area (Å²) in [6.07, 6.45) is 0.437. The van der Waals surface area contributed by atoms with Crippen LogP contribution >= 0.6 is 0 Å². The van der Waals surface area contributed by atoms with Gasteiger partial charge in [-0.05, 0) is 37.3 Å². The van der Waals surface area contributed by atoms with Crippen LogP contribution < -0.4 is 15.4 Å². The maximum Gasteiger partial charge on any atom is 0.265 e. The van der Waals surface area contributed by atoms with Crippen molar-refractivity contribution >= 4 is 17.3 Å². The minimum absolute atomic E-state index is 0.127. The van der Waals surface area contributed by atoms with E-state index in [0.717, 1.165) is 23.6 Å². The Morgan fingerprint density at radius 2 is 2.05 bits per heavy atom. The van der Waals surface area contributed by atoms with Crippen molar-refractivity contribution in [2.45, 2.75) is 32.9 Å². The number of nitrogens with one attached hydrogen (secondary N) is 2. The quantitative estimate of drug-likeness (QED) is 0.906. The second-order valence-corrected chi connectivity index (χ2v) is 5.04. The zero-order chi connectivity index (χ0) is 14.8. The Morgan fingerprint density at radius 3 is 2.81 bits per heavy atom. The Hall–Kier alpha value is -2.43. The number of ether oxygens (including phenoxy) is 1. The van der Waals surface area contributed by atoms with Crippen molar-refractivity contribution in [2.24, 2.45) is 0 Å². The number of rotatable bonds is 4. The molecule has 1 amide bonds. The predicted octanol–water partition coefficient (Wildman–Crippen LogP) is 3.17. The van der Waals surface area contributed by atoms with Gasteiger partial charge in [0.1, 0.15) is 17.3 Å². The highest BCUT2D eigenvalue weighted by Crippen LogP contribution is 2.32. The van der Waals surface area contributed by atoms with E-state index < -0.39 is 6.10 Å². The van der Waals surface area contributed by atoms with Crippen LogP contribution in [0.1, 0.15) is 25.4 Å². The second-order valence-electron chi connectivity index (χ2n) is 5.04. The van der Waals surface area contributed by atoms with Crippen molar-refractivity contribution in [1.29, 1.82) is 0 Å². The van der Waals surface area contributed by atoms with Crippen LogP contribution in [0.2, 0.25) is 0 Å². The molecule has 3 rings (SSSR count). The number of fused-ring (bicyclic) bond motifs is 1. The first kappa shape index (κ1) is 13.5. The number of furan rings is 1. The molecule has 1 aromatic carbocycles. The number of hydrogen-bond donors (Lipinski definition) is 2. The minimum atomic E-state index is -0.452. The van der Waals surface area contributed by atoms with Crippen LogP contribution in [0.15, 0.2) is 34.7 Å². The fourth-order valence-electron chi connectivity index (χ4n) is 2.22. The van der Waals surface area contributed by atoms with E-state index in [1.54, 1.807) is 6.92 Å². The lowest BCUT2D eigenvalue weighted by Crippen LogP contribution is -2.34. The lowest BCUT2D eigenvalue weighted by molar-refractivity contribution is -0.122. The summed E-state index contributed by atoms with van der Waals surface area (Å²) in [7, 11) is 0. The molecule has 1 aliphatic rings. The van der Waals surface area contributed by atoms with E-state index >= 15 is 0 Å². The predicted molar refractivity (Wildman–Crippen MR) is 80.6 cm³/mol. The van der Waals surface area contributed by atoms with Crippen molar-refractivity contribution < 1.29 is 13.9 Å². The topological polar surface area (TPSA) is 63.5 Å². The van der Waals surface area contributed by atoms with Crippen LogP contribution in [0, 0.1) is 0 Å². The van der Waals surface area contributed by atoms with Crippen LogP contribution in [-0.2, 0) is 17.8 Å². The molecule has 5 heteroatoms. The Labute approximate surface area is 123 Å². The van der Waals surface area contributed by atoms with Gasteiger partial charge in [0.2, 0.25) is 0 Å². The van der Waals surface area contributed by atoms with Crippen molar-refractivity contribution in [3.8, 4) is 5.75 Å². The van der Waals surface area contributed by atoms with Crippen LogP contribution in [0.4, 0.5) is 11.4 Å². The van der Waals surface area contributed by atoms with E-state index in [9.17, 15) is 4.79 Å². The van der Waals surface area contributed by atoms with Crippen molar-refractivity contribution in [3.63, 3.8) is 0 Å². The van der Waals surface area contributed by atoms with Gasteiger partial charge in [0.25, 0.3) is 5.91 Å². The average Bonchev–Trinajstić information content (AvgIpc) is 2.94. The SMILES string of the molecule is CCc1ccc(CNc2ccc3c(c2)NC(=O)C(C)O3)o1. The normalized spacial score (nSPS) is 16.9. The third-order valence-electron chi connectivity index (χ3n) is 3.44. The molecule has 1 unspecified atom stereocenters. The molecule has 1 aliphatic heterocycles. The largest absolute Gasteiger partial charge is 0.479 e. The molecular weight excluding hydrogens is 268 g/mol. The maximum absolute atomic E-state index is 11.6. The van der Waals surface area contributed by atoms with Gasteiger partial charge in [-0.2, -0.15) is 0 Å². The minimum Gasteiger partial charge on any atom is -0.479 e. The van der Waals surface area contributed by atoms with E-state index in [0.29, 0.717) is 18.0 Å². The number of carbonyl (C=O) groups excluding carboxylic acids is 1. The summed E-state index contributed by atoms with van der Waals surface area (Å²) >= 11 is 0. The lowest BCUT2D eigenvalue weighted by Gasteiger charge is -2.23. The Morgan fingerprint density at radius 1 is 1.24 bits per heavy atom. The first-order valence-corrected chi connectivity index (χ1v) is 7.08. The third kappa shape index (κ3) is 2.86. The Bertz CT molecular complexity index is 663. The molecule has 2 heterocycles. The van der Waals surface area contributed by atoms with E-state index in [4.69, 9.17) is 9.15 Å². The standard InChI is InChI=1S/C16H18N2O3/c1-3-12-5-6-13(21-12)9-17-11-4-7-15-14(8-11)18-16(19)10(2)20-15/h4-8,10,17H,3,9H2,1-2H3,(H,18,19). The number of benzene rings is 1. The third-order valence-corrected chi connectivity index (χ3v) is 3.44. The highest BCUT2D eigenvalue weighted by molar-refractivity contribution is 5.98. The van der Waals surface area contributed by atoms with Crippen molar-refractivity contribution in [3.05, 3.63) is 41.9 Å². The first-order chi connectivity index (χ1) is 10.2. The number of aryl methyl sites for hydroxylation is 1. The van der Waals surface area contributed by atoms with Gasteiger partial charge < -0.3 is 19.8 Å². The summed E-state index contributed by atoms with van der Waals surface area (Å²) in [6.45, 7) is 4.39. The Balaban J connectivity index is 1.69. The van der Waals surface area contributed by atoms with E-state index in [-0.39, 0.29) is 5.91 Å². The summed E-state index contributed by atoms with van der Waals surface area (Å²) < 4.78 is 11.2. The van der Waals surface area contributed by atoms with Gasteiger partial charge in [0.05, 0.1) is 12.2 Å². The fraction of sp³-hybridized carbons (Fsp3) is 0.312. The lowest BCUT2D eigenvalue weighted by atomic mass is 10.2. The molecule has 0 aliphatic carbocycles. The summed E-state index contributed by atoms with van der Waals surface area (Å²) in [4.78, 5) is 11.6. The van der Waals surface area contributed by atoms with Gasteiger partial charge in [-0.3, -0.25) is 4.79 Å². The molecule has 0 fully saturated rings. The molecule has 0 radical (unpaired) electrons. The molecule has 0 spiro atoms. The van der Waals surface area contributed by atoms with Gasteiger partial charge in [0.15, 0.2) is 6.10 Å². The Kier molecular flexibility index (Phi) is 3.56. The molecule has 0 bridgehead atoms. The second kappa shape index (κ2) is 5.52. The molecule has 1 aromatic heterocycles. The van der Waals surface area contributed by atoms with Crippen LogP contribution in [0.3, 0.4) is 0 Å². The fourth-order valence-corrected chi connectivity index (χ4v) is 2.22. The monoisotopic (exact) mass is 286 g/mol. The molecule has 0 saturated heterocycles. The molecule has 0 saturated carbocycles. The zero-order valence-corrected chi connectivity index (χ0v) is 12.1. The molecular formula is C16H18N2O3. The van der Waals surface area contributed by atoms with Crippen LogP contribution in [-0.4, -0.2) is 12.0 Å². The first-order valence-electron chi connectivity index (χ1n) is 7.08. The van der Waals surface area contributed by atoms with Gasteiger partial charge >= 0.3 is 0 Å². The van der Waals surface area contributed by atoms with Crippen molar-refractivity contribution in [2.75, 3.05) is 10.6 Å².